The molecular weight excluding hydrogens is 476 g/mol. The summed E-state index contributed by atoms with van der Waals surface area (Å²) < 4.78 is 11.5. The van der Waals surface area contributed by atoms with Crippen molar-refractivity contribution >= 4 is 49.9 Å². The fourth-order valence-electron chi connectivity index (χ4n) is 5.71. The number of H-pyrrole nitrogens is 1. The number of ether oxygens (including phenoxy) is 2. The molecule has 36 heavy (non-hydrogen) atoms. The number of aromatic amines is 1. The number of hydrogen-bond donors (Lipinski definition) is 2. The van der Waals surface area contributed by atoms with Crippen molar-refractivity contribution in [1.82, 2.24) is 25.1 Å². The lowest BCUT2D eigenvalue weighted by Crippen LogP contribution is -2.68. The van der Waals surface area contributed by atoms with Crippen LogP contribution < -0.4 is 10.1 Å². The van der Waals surface area contributed by atoms with Gasteiger partial charge in [-0.2, -0.15) is 5.10 Å². The summed E-state index contributed by atoms with van der Waals surface area (Å²) >= 11 is 1.69. The molecule has 186 valence electrons. The van der Waals surface area contributed by atoms with Crippen molar-refractivity contribution in [3.05, 3.63) is 35.1 Å². The van der Waals surface area contributed by atoms with E-state index in [1.54, 1.807) is 23.9 Å². The maximum absolute atomic E-state index is 13.2. The van der Waals surface area contributed by atoms with E-state index in [-0.39, 0.29) is 17.4 Å². The smallest absolute Gasteiger partial charge is 0.226 e. The van der Waals surface area contributed by atoms with Crippen LogP contribution in [0.4, 0.5) is 11.5 Å². The van der Waals surface area contributed by atoms with Gasteiger partial charge in [-0.1, -0.05) is 0 Å². The minimum absolute atomic E-state index is 0.0258. The van der Waals surface area contributed by atoms with Crippen LogP contribution in [0.3, 0.4) is 0 Å². The molecule has 5 heterocycles. The molecule has 1 aliphatic carbocycles. The Bertz CT molecular complexity index is 1480. The monoisotopic (exact) mass is 504 g/mol. The van der Waals surface area contributed by atoms with Crippen LogP contribution in [0.5, 0.6) is 5.75 Å². The van der Waals surface area contributed by atoms with E-state index in [1.165, 1.54) is 10.4 Å². The summed E-state index contributed by atoms with van der Waals surface area (Å²) in [6.07, 6.45) is 5.92. The Morgan fingerprint density at radius 3 is 2.94 bits per heavy atom. The van der Waals surface area contributed by atoms with Crippen molar-refractivity contribution in [1.29, 1.82) is 0 Å². The highest BCUT2D eigenvalue weighted by Crippen LogP contribution is 2.44. The fraction of sp³-hybridized carbons (Fsp3) is 0.462. The topological polar surface area (TPSA) is 105 Å². The van der Waals surface area contributed by atoms with Gasteiger partial charge < -0.3 is 19.7 Å². The highest BCUT2D eigenvalue weighted by molar-refractivity contribution is 7.19. The van der Waals surface area contributed by atoms with Gasteiger partial charge in [0.2, 0.25) is 5.91 Å². The van der Waals surface area contributed by atoms with E-state index < -0.39 is 0 Å². The molecule has 1 spiro atoms. The second-order valence-electron chi connectivity index (χ2n) is 10.6. The van der Waals surface area contributed by atoms with E-state index in [0.717, 1.165) is 83.9 Å². The Labute approximate surface area is 212 Å². The minimum Gasteiger partial charge on any atom is -0.489 e. The zero-order valence-corrected chi connectivity index (χ0v) is 21.2. The Hall–Kier alpha value is -3.24. The van der Waals surface area contributed by atoms with Gasteiger partial charge in [-0.05, 0) is 44.7 Å². The highest BCUT2D eigenvalue weighted by Gasteiger charge is 2.51. The van der Waals surface area contributed by atoms with E-state index in [4.69, 9.17) is 9.47 Å². The van der Waals surface area contributed by atoms with Crippen LogP contribution in [0.25, 0.3) is 21.1 Å². The molecule has 7 rings (SSSR count). The molecule has 0 bridgehead atoms. The van der Waals surface area contributed by atoms with E-state index >= 15 is 0 Å². The first-order valence-electron chi connectivity index (χ1n) is 12.5. The first-order valence-corrected chi connectivity index (χ1v) is 13.3. The Morgan fingerprint density at radius 2 is 2.17 bits per heavy atom. The molecule has 1 atom stereocenters. The second-order valence-corrected chi connectivity index (χ2v) is 11.7. The second kappa shape index (κ2) is 8.14. The number of nitrogens with zero attached hydrogens (tertiary/aromatic N) is 4. The number of likely N-dealkylation sites (tertiary alicyclic amines) is 1. The van der Waals surface area contributed by atoms with Crippen molar-refractivity contribution in [3.63, 3.8) is 0 Å². The molecule has 9 nitrogen and oxygen atoms in total. The minimum atomic E-state index is 0.0258. The third kappa shape index (κ3) is 3.54. The van der Waals surface area contributed by atoms with Gasteiger partial charge in [0.05, 0.1) is 47.5 Å². The lowest BCUT2D eigenvalue weighted by molar-refractivity contribution is -0.197. The third-order valence-corrected chi connectivity index (χ3v) is 8.69. The van der Waals surface area contributed by atoms with Crippen molar-refractivity contribution in [3.8, 4) is 5.75 Å². The summed E-state index contributed by atoms with van der Waals surface area (Å²) in [7, 11) is 0. The lowest BCUT2D eigenvalue weighted by atomic mass is 9.76. The van der Waals surface area contributed by atoms with Crippen LogP contribution in [0.1, 0.15) is 30.7 Å². The van der Waals surface area contributed by atoms with Crippen LogP contribution in [-0.2, 0) is 22.4 Å². The SMILES string of the molecule is CC(C)Oc1cc2[nH]ncc2cc1Nc1ncnc2sc3c(c12)CCC(C(=O)N1CC2(COC2)C1)C3. The van der Waals surface area contributed by atoms with Crippen LogP contribution in [-0.4, -0.2) is 63.4 Å². The number of aromatic nitrogens is 4. The molecule has 2 fully saturated rings. The average Bonchev–Trinajstić information content (AvgIpc) is 3.40. The number of thiophene rings is 1. The quantitative estimate of drug-likeness (QED) is 0.422. The summed E-state index contributed by atoms with van der Waals surface area (Å²) in [6, 6.07) is 4.00. The molecule has 2 saturated heterocycles. The first-order chi connectivity index (χ1) is 17.5. The molecule has 1 unspecified atom stereocenters. The maximum atomic E-state index is 13.2. The first kappa shape index (κ1) is 22.0. The molecule has 3 aromatic heterocycles. The van der Waals surface area contributed by atoms with E-state index in [2.05, 4.69) is 25.5 Å². The standard InChI is InChI=1S/C26H28N6O3S/c1-14(2)35-20-7-18-16(8-29-31-18)5-19(20)30-23-22-17-4-3-15(6-21(17)36-24(22)28-13-27-23)25(33)32-9-26(10-32)11-34-12-26/h5,7-8,13-15H,3-4,6,9-12H2,1-2H3,(H,29,31)(H,27,28,30). The largest absolute Gasteiger partial charge is 0.489 e. The van der Waals surface area contributed by atoms with E-state index in [9.17, 15) is 4.79 Å². The molecule has 0 saturated carbocycles. The molecule has 2 N–H and O–H groups in total. The number of aryl methyl sites for hydroxylation is 1. The van der Waals surface area contributed by atoms with Crippen molar-refractivity contribution < 1.29 is 14.3 Å². The molecule has 0 radical (unpaired) electrons. The number of nitrogens with one attached hydrogen (secondary N) is 2. The molecule has 1 aromatic carbocycles. The van der Waals surface area contributed by atoms with E-state index in [0.29, 0.717) is 5.91 Å². The number of rotatable bonds is 5. The zero-order valence-electron chi connectivity index (χ0n) is 20.3. The normalized spacial score (nSPS) is 20.4. The maximum Gasteiger partial charge on any atom is 0.226 e. The van der Waals surface area contributed by atoms with Crippen molar-refractivity contribution in [2.75, 3.05) is 31.6 Å². The molecule has 2 aliphatic heterocycles. The van der Waals surface area contributed by atoms with Gasteiger partial charge in [-0.15, -0.1) is 11.3 Å². The summed E-state index contributed by atoms with van der Waals surface area (Å²) in [5.41, 5.74) is 3.28. The average molecular weight is 505 g/mol. The third-order valence-electron chi connectivity index (χ3n) is 7.53. The van der Waals surface area contributed by atoms with Gasteiger partial charge >= 0.3 is 0 Å². The summed E-state index contributed by atoms with van der Waals surface area (Å²) in [6.45, 7) is 7.32. The number of hydrogen-bond acceptors (Lipinski definition) is 8. The summed E-state index contributed by atoms with van der Waals surface area (Å²) in [5.74, 6) is 1.85. The van der Waals surface area contributed by atoms with Gasteiger partial charge in [0.25, 0.3) is 0 Å². The van der Waals surface area contributed by atoms with Crippen LogP contribution >= 0.6 is 11.3 Å². The zero-order chi connectivity index (χ0) is 24.4. The number of anilines is 2. The molecule has 10 heteroatoms. The van der Waals surface area contributed by atoms with Gasteiger partial charge in [-0.3, -0.25) is 9.89 Å². The van der Waals surface area contributed by atoms with Crippen molar-refractivity contribution in [2.45, 2.75) is 39.2 Å². The lowest BCUT2D eigenvalue weighted by Gasteiger charge is -2.55. The number of fused-ring (bicyclic) bond motifs is 4. The van der Waals surface area contributed by atoms with Crippen LogP contribution in [0.15, 0.2) is 24.7 Å². The summed E-state index contributed by atoms with van der Waals surface area (Å²) in [5, 5.41) is 12.8. The van der Waals surface area contributed by atoms with Crippen LogP contribution in [0.2, 0.25) is 0 Å². The van der Waals surface area contributed by atoms with Crippen LogP contribution in [0, 0.1) is 11.3 Å². The van der Waals surface area contributed by atoms with Gasteiger partial charge in [-0.25, -0.2) is 9.97 Å². The summed E-state index contributed by atoms with van der Waals surface area (Å²) in [4.78, 5) is 26.6. The molecule has 1 amide bonds. The number of carbonyl (C=O) groups excluding carboxylic acids is 1. The van der Waals surface area contributed by atoms with Crippen molar-refractivity contribution in [2.24, 2.45) is 11.3 Å². The Morgan fingerprint density at radius 1 is 1.31 bits per heavy atom. The fourth-order valence-corrected chi connectivity index (χ4v) is 6.98. The molecule has 4 aromatic rings. The van der Waals surface area contributed by atoms with Gasteiger partial charge in [0.15, 0.2) is 0 Å². The highest BCUT2D eigenvalue weighted by atomic mass is 32.1. The number of carbonyl (C=O) groups is 1. The molecular formula is C26H28N6O3S. The predicted octanol–water partition coefficient (Wildman–Crippen LogP) is 4.06. The Kier molecular flexibility index (Phi) is 4.97. The predicted molar refractivity (Wildman–Crippen MR) is 138 cm³/mol. The number of benzene rings is 1. The van der Waals surface area contributed by atoms with Gasteiger partial charge in [0, 0.05) is 35.3 Å². The van der Waals surface area contributed by atoms with E-state index in [1.807, 2.05) is 30.9 Å². The Balaban J connectivity index is 1.18. The number of amides is 1. The molecule has 3 aliphatic rings. The van der Waals surface area contributed by atoms with Gasteiger partial charge in [0.1, 0.15) is 22.7 Å².